The Morgan fingerprint density at radius 2 is 2.12 bits per heavy atom. The molecule has 0 amide bonds. The Balaban J connectivity index is 2.17. The number of halogens is 1. The fourth-order valence-electron chi connectivity index (χ4n) is 1.65. The first-order chi connectivity index (χ1) is 8.08. The highest BCUT2D eigenvalue weighted by atomic mass is 79.9. The van der Waals surface area contributed by atoms with Crippen LogP contribution < -0.4 is 15.2 Å². The second-order valence-electron chi connectivity index (χ2n) is 3.77. The number of aliphatic carboxylic acids is 1. The minimum Gasteiger partial charge on any atom is -0.481 e. The van der Waals surface area contributed by atoms with Crippen LogP contribution >= 0.6 is 15.9 Å². The van der Waals surface area contributed by atoms with E-state index in [1.807, 2.05) is 0 Å². The van der Waals surface area contributed by atoms with Crippen molar-refractivity contribution in [1.29, 1.82) is 0 Å². The number of rotatable bonds is 4. The normalized spacial score (nSPS) is 14.7. The first-order valence-electron chi connectivity index (χ1n) is 5.14. The second kappa shape index (κ2) is 4.93. The summed E-state index contributed by atoms with van der Waals surface area (Å²) >= 11 is 3.39. The molecule has 0 radical (unpaired) electrons. The van der Waals surface area contributed by atoms with Crippen LogP contribution in [0.25, 0.3) is 0 Å². The van der Waals surface area contributed by atoms with Gasteiger partial charge in [0.25, 0.3) is 0 Å². The number of fused-ring (bicyclic) bond motifs is 1. The molecular weight excluding hydrogens is 290 g/mol. The monoisotopic (exact) mass is 301 g/mol. The average Bonchev–Trinajstić information content (AvgIpc) is 2.71. The molecule has 0 saturated heterocycles. The smallest absolute Gasteiger partial charge is 0.303 e. The molecule has 1 heterocycles. The Morgan fingerprint density at radius 3 is 2.76 bits per heavy atom. The van der Waals surface area contributed by atoms with Crippen LogP contribution in [0.15, 0.2) is 16.6 Å². The maximum atomic E-state index is 10.5. The molecule has 92 valence electrons. The van der Waals surface area contributed by atoms with Crippen molar-refractivity contribution < 1.29 is 19.4 Å². The van der Waals surface area contributed by atoms with Crippen molar-refractivity contribution in [2.24, 2.45) is 5.73 Å². The van der Waals surface area contributed by atoms with Gasteiger partial charge in [0.15, 0.2) is 11.5 Å². The van der Waals surface area contributed by atoms with E-state index in [4.69, 9.17) is 20.3 Å². The third-order valence-corrected chi connectivity index (χ3v) is 3.25. The summed E-state index contributed by atoms with van der Waals surface area (Å²) in [6.07, 6.45) is 0.426. The van der Waals surface area contributed by atoms with Crippen LogP contribution in [-0.4, -0.2) is 17.9 Å². The molecule has 2 rings (SSSR count). The van der Waals surface area contributed by atoms with Gasteiger partial charge >= 0.3 is 5.97 Å². The largest absolute Gasteiger partial charge is 0.481 e. The highest BCUT2D eigenvalue weighted by Crippen LogP contribution is 2.39. The summed E-state index contributed by atoms with van der Waals surface area (Å²) < 4.78 is 11.3. The highest BCUT2D eigenvalue weighted by molar-refractivity contribution is 9.10. The van der Waals surface area contributed by atoms with Gasteiger partial charge < -0.3 is 20.3 Å². The number of hydrogen-bond donors (Lipinski definition) is 2. The number of carboxylic acid groups (broad SMARTS) is 1. The summed E-state index contributed by atoms with van der Waals surface area (Å²) in [6, 6.07) is 3.24. The molecule has 0 aliphatic carbocycles. The lowest BCUT2D eigenvalue weighted by molar-refractivity contribution is -0.137. The van der Waals surface area contributed by atoms with Crippen LogP contribution in [-0.2, 0) is 4.79 Å². The van der Waals surface area contributed by atoms with Gasteiger partial charge in [0.2, 0.25) is 6.79 Å². The van der Waals surface area contributed by atoms with Gasteiger partial charge in [-0.25, -0.2) is 0 Å². The molecule has 0 fully saturated rings. The number of hydrogen-bond acceptors (Lipinski definition) is 4. The van der Waals surface area contributed by atoms with Crippen LogP contribution in [0.2, 0.25) is 0 Å². The van der Waals surface area contributed by atoms with E-state index in [9.17, 15) is 4.79 Å². The zero-order valence-electron chi connectivity index (χ0n) is 8.98. The standard InChI is InChI=1S/C11H12BrNO4/c12-7-4-10-9(16-5-17-10)3-6(7)8(13)1-2-11(14)15/h3-4,8H,1-2,5,13H2,(H,14,15). The van der Waals surface area contributed by atoms with Gasteiger partial charge in [0.05, 0.1) is 0 Å². The van der Waals surface area contributed by atoms with Crippen molar-refractivity contribution in [3.8, 4) is 11.5 Å². The van der Waals surface area contributed by atoms with Crippen LogP contribution in [0.3, 0.4) is 0 Å². The van der Waals surface area contributed by atoms with Crippen molar-refractivity contribution in [3.05, 3.63) is 22.2 Å². The van der Waals surface area contributed by atoms with E-state index in [0.717, 1.165) is 10.0 Å². The van der Waals surface area contributed by atoms with Crippen molar-refractivity contribution in [3.63, 3.8) is 0 Å². The summed E-state index contributed by atoms with van der Waals surface area (Å²) in [6.45, 7) is 0.204. The van der Waals surface area contributed by atoms with Crippen molar-refractivity contribution in [2.45, 2.75) is 18.9 Å². The SMILES string of the molecule is NC(CCC(=O)O)c1cc2c(cc1Br)OCO2. The summed E-state index contributed by atoms with van der Waals surface area (Å²) in [5.41, 5.74) is 6.78. The fraction of sp³-hybridized carbons (Fsp3) is 0.364. The van der Waals surface area contributed by atoms with E-state index in [0.29, 0.717) is 17.9 Å². The molecule has 3 N–H and O–H groups in total. The molecule has 17 heavy (non-hydrogen) atoms. The molecule has 1 aliphatic heterocycles. The van der Waals surface area contributed by atoms with Crippen LogP contribution in [0.4, 0.5) is 0 Å². The maximum Gasteiger partial charge on any atom is 0.303 e. The number of benzene rings is 1. The molecule has 1 unspecified atom stereocenters. The van der Waals surface area contributed by atoms with E-state index < -0.39 is 5.97 Å². The predicted octanol–water partition coefficient (Wildman–Crippen LogP) is 2.04. The minimum absolute atomic E-state index is 0.0437. The highest BCUT2D eigenvalue weighted by Gasteiger charge is 2.19. The molecule has 1 atom stereocenters. The molecule has 6 heteroatoms. The van der Waals surface area contributed by atoms with E-state index in [1.54, 1.807) is 12.1 Å². The Hall–Kier alpha value is -1.27. The summed E-state index contributed by atoms with van der Waals surface area (Å²) in [7, 11) is 0. The molecular formula is C11H12BrNO4. The fourth-order valence-corrected chi connectivity index (χ4v) is 2.27. The van der Waals surface area contributed by atoms with Crippen molar-refractivity contribution in [2.75, 3.05) is 6.79 Å². The number of carbonyl (C=O) groups is 1. The van der Waals surface area contributed by atoms with E-state index in [1.165, 1.54) is 0 Å². The lowest BCUT2D eigenvalue weighted by Crippen LogP contribution is -2.12. The maximum absolute atomic E-state index is 10.5. The zero-order valence-corrected chi connectivity index (χ0v) is 10.6. The Kier molecular flexibility index (Phi) is 3.54. The lowest BCUT2D eigenvalue weighted by atomic mass is 10.0. The van der Waals surface area contributed by atoms with Gasteiger partial charge in [-0.3, -0.25) is 4.79 Å². The average molecular weight is 302 g/mol. The van der Waals surface area contributed by atoms with Gasteiger partial charge in [-0.2, -0.15) is 0 Å². The number of nitrogens with two attached hydrogens (primary N) is 1. The summed E-state index contributed by atoms with van der Waals surface area (Å²) in [5, 5.41) is 8.62. The first kappa shape index (κ1) is 12.2. The third kappa shape index (κ3) is 2.70. The molecule has 5 nitrogen and oxygen atoms in total. The van der Waals surface area contributed by atoms with Crippen molar-refractivity contribution in [1.82, 2.24) is 0 Å². The number of ether oxygens (including phenoxy) is 2. The minimum atomic E-state index is -0.850. The van der Waals surface area contributed by atoms with E-state index in [2.05, 4.69) is 15.9 Å². The summed E-state index contributed by atoms with van der Waals surface area (Å²) in [4.78, 5) is 10.5. The van der Waals surface area contributed by atoms with Gasteiger partial charge in [-0.05, 0) is 24.1 Å². The Bertz CT molecular complexity index is 449. The first-order valence-corrected chi connectivity index (χ1v) is 5.93. The van der Waals surface area contributed by atoms with Gasteiger partial charge in [0.1, 0.15) is 0 Å². The lowest BCUT2D eigenvalue weighted by Gasteiger charge is -2.13. The van der Waals surface area contributed by atoms with Crippen LogP contribution in [0, 0.1) is 0 Å². The number of carboxylic acids is 1. The van der Waals surface area contributed by atoms with Crippen LogP contribution in [0.1, 0.15) is 24.4 Å². The van der Waals surface area contributed by atoms with Crippen LogP contribution in [0.5, 0.6) is 11.5 Å². The zero-order chi connectivity index (χ0) is 12.4. The van der Waals surface area contributed by atoms with Crippen molar-refractivity contribution >= 4 is 21.9 Å². The Labute approximate surface area is 107 Å². The third-order valence-electron chi connectivity index (χ3n) is 2.56. The summed E-state index contributed by atoms with van der Waals surface area (Å²) in [5.74, 6) is 0.470. The van der Waals surface area contributed by atoms with Gasteiger partial charge in [-0.1, -0.05) is 15.9 Å². The molecule has 1 aromatic carbocycles. The van der Waals surface area contributed by atoms with Gasteiger partial charge in [-0.15, -0.1) is 0 Å². The topological polar surface area (TPSA) is 81.8 Å². The quantitative estimate of drug-likeness (QED) is 0.889. The van der Waals surface area contributed by atoms with E-state index in [-0.39, 0.29) is 19.3 Å². The molecule has 0 spiro atoms. The molecule has 0 bridgehead atoms. The molecule has 0 saturated carbocycles. The molecule has 1 aliphatic rings. The molecule has 0 aromatic heterocycles. The molecule has 1 aromatic rings. The second-order valence-corrected chi connectivity index (χ2v) is 4.62. The predicted molar refractivity (Wildman–Crippen MR) is 64.1 cm³/mol. The Morgan fingerprint density at radius 1 is 1.47 bits per heavy atom. The van der Waals surface area contributed by atoms with Gasteiger partial charge in [0, 0.05) is 16.9 Å². The van der Waals surface area contributed by atoms with E-state index >= 15 is 0 Å².